The number of aryl methyl sites for hydroxylation is 2. The van der Waals surface area contributed by atoms with Crippen molar-refractivity contribution in [1.29, 1.82) is 0 Å². The minimum absolute atomic E-state index is 0.0384. The van der Waals surface area contributed by atoms with E-state index in [1.54, 1.807) is 6.07 Å². The molecule has 0 nitrogen and oxygen atoms in total. The highest BCUT2D eigenvalue weighted by molar-refractivity contribution is 5.24. The number of halogens is 1. The molecule has 29 heavy (non-hydrogen) atoms. The molecule has 1 heteroatoms. The molecule has 0 aromatic heterocycles. The monoisotopic (exact) mass is 400 g/mol. The Balaban J connectivity index is 1.37. The smallest absolute Gasteiger partial charge is 0.126 e. The zero-order valence-corrected chi connectivity index (χ0v) is 19.2. The molecular formula is C28H45F. The molecule has 0 unspecified atom stereocenters. The molecule has 2 aliphatic carbocycles. The molecule has 0 aliphatic heterocycles. The van der Waals surface area contributed by atoms with Crippen molar-refractivity contribution < 1.29 is 4.39 Å². The zero-order chi connectivity index (χ0) is 20.5. The van der Waals surface area contributed by atoms with Crippen LogP contribution >= 0.6 is 0 Å². The Morgan fingerprint density at radius 2 is 1.34 bits per heavy atom. The normalized spacial score (nSPS) is 27.8. The molecule has 1 aromatic rings. The van der Waals surface area contributed by atoms with Gasteiger partial charge in [-0.1, -0.05) is 77.3 Å². The molecule has 164 valence electrons. The summed E-state index contributed by atoms with van der Waals surface area (Å²) in [5.74, 6) is 3.90. The van der Waals surface area contributed by atoms with Crippen molar-refractivity contribution in [3.05, 3.63) is 35.1 Å². The van der Waals surface area contributed by atoms with Crippen LogP contribution in [0.4, 0.5) is 4.39 Å². The lowest BCUT2D eigenvalue weighted by Gasteiger charge is -2.38. The number of rotatable bonds is 10. The maximum absolute atomic E-state index is 14.5. The van der Waals surface area contributed by atoms with Crippen LogP contribution in [0, 0.1) is 29.5 Å². The fourth-order valence-electron chi connectivity index (χ4n) is 6.19. The van der Waals surface area contributed by atoms with Crippen molar-refractivity contribution in [1.82, 2.24) is 0 Å². The second-order valence-corrected chi connectivity index (χ2v) is 10.3. The highest BCUT2D eigenvalue weighted by Crippen LogP contribution is 2.43. The van der Waals surface area contributed by atoms with Gasteiger partial charge in [-0.3, -0.25) is 0 Å². The molecule has 2 saturated carbocycles. The highest BCUT2D eigenvalue weighted by Gasteiger charge is 2.30. The van der Waals surface area contributed by atoms with Crippen molar-refractivity contribution >= 4 is 0 Å². The average molecular weight is 401 g/mol. The van der Waals surface area contributed by atoms with Crippen molar-refractivity contribution in [2.45, 2.75) is 117 Å². The van der Waals surface area contributed by atoms with E-state index in [1.165, 1.54) is 95.5 Å². The molecule has 0 spiro atoms. The molecule has 1 aromatic carbocycles. The molecule has 3 rings (SSSR count). The van der Waals surface area contributed by atoms with E-state index in [4.69, 9.17) is 0 Å². The van der Waals surface area contributed by atoms with Gasteiger partial charge in [-0.2, -0.15) is 0 Å². The quantitative estimate of drug-likeness (QED) is 0.344. The standard InChI is InChI=1S/C28H45F/c1-3-5-6-8-24-14-20-27(28(29)21-24)19-13-23-11-17-26(18-12-23)25-15-9-22(7-4-2)10-16-25/h14,20-23,25-26H,3-13,15-19H2,1-2H3/t22-,23-,25-,26-. The number of benzene rings is 1. The molecular weight excluding hydrogens is 355 g/mol. The van der Waals surface area contributed by atoms with Crippen LogP contribution in [-0.2, 0) is 12.8 Å². The maximum atomic E-state index is 14.5. The number of hydrogen-bond donors (Lipinski definition) is 0. The average Bonchev–Trinajstić information content (AvgIpc) is 2.75. The van der Waals surface area contributed by atoms with Crippen LogP contribution in [0.3, 0.4) is 0 Å². The molecule has 0 radical (unpaired) electrons. The summed E-state index contributed by atoms with van der Waals surface area (Å²) in [4.78, 5) is 0. The van der Waals surface area contributed by atoms with E-state index >= 15 is 0 Å². The van der Waals surface area contributed by atoms with Crippen molar-refractivity contribution in [2.24, 2.45) is 23.7 Å². The highest BCUT2D eigenvalue weighted by atomic mass is 19.1. The van der Waals surface area contributed by atoms with Crippen LogP contribution in [0.15, 0.2) is 18.2 Å². The van der Waals surface area contributed by atoms with E-state index in [0.717, 1.165) is 42.1 Å². The van der Waals surface area contributed by atoms with Gasteiger partial charge in [-0.15, -0.1) is 0 Å². The first-order valence-electron chi connectivity index (χ1n) is 13.0. The van der Waals surface area contributed by atoms with Gasteiger partial charge in [-0.05, 0) is 92.2 Å². The first-order valence-corrected chi connectivity index (χ1v) is 13.0. The van der Waals surface area contributed by atoms with Crippen LogP contribution in [0.2, 0.25) is 0 Å². The Labute approximate surface area is 180 Å². The van der Waals surface area contributed by atoms with Gasteiger partial charge in [0.2, 0.25) is 0 Å². The zero-order valence-electron chi connectivity index (χ0n) is 19.2. The van der Waals surface area contributed by atoms with E-state index in [0.29, 0.717) is 0 Å². The van der Waals surface area contributed by atoms with Crippen LogP contribution in [0.25, 0.3) is 0 Å². The van der Waals surface area contributed by atoms with Gasteiger partial charge < -0.3 is 0 Å². The van der Waals surface area contributed by atoms with E-state index in [1.807, 2.05) is 0 Å². The largest absolute Gasteiger partial charge is 0.207 e. The molecule has 2 fully saturated rings. The minimum Gasteiger partial charge on any atom is -0.207 e. The van der Waals surface area contributed by atoms with E-state index in [2.05, 4.69) is 26.0 Å². The molecule has 0 bridgehead atoms. The lowest BCUT2D eigenvalue weighted by Crippen LogP contribution is -2.26. The molecule has 0 atom stereocenters. The topological polar surface area (TPSA) is 0 Å². The third-order valence-corrected chi connectivity index (χ3v) is 8.15. The van der Waals surface area contributed by atoms with Gasteiger partial charge >= 0.3 is 0 Å². The summed E-state index contributed by atoms with van der Waals surface area (Å²) in [6.45, 7) is 4.55. The Kier molecular flexibility index (Phi) is 9.53. The molecule has 2 aliphatic rings. The first kappa shape index (κ1) is 22.8. The third kappa shape index (κ3) is 7.11. The van der Waals surface area contributed by atoms with Crippen molar-refractivity contribution in [3.63, 3.8) is 0 Å². The van der Waals surface area contributed by atoms with Crippen LogP contribution in [0.1, 0.15) is 115 Å². The Morgan fingerprint density at radius 1 is 0.724 bits per heavy atom. The first-order chi connectivity index (χ1) is 14.2. The van der Waals surface area contributed by atoms with Gasteiger partial charge in [0.1, 0.15) is 5.82 Å². The van der Waals surface area contributed by atoms with Gasteiger partial charge in [0, 0.05) is 0 Å². The van der Waals surface area contributed by atoms with Gasteiger partial charge in [-0.25, -0.2) is 4.39 Å². The summed E-state index contributed by atoms with van der Waals surface area (Å²) in [5.41, 5.74) is 2.12. The lowest BCUT2D eigenvalue weighted by molar-refractivity contribution is 0.141. The predicted molar refractivity (Wildman–Crippen MR) is 124 cm³/mol. The van der Waals surface area contributed by atoms with Crippen molar-refractivity contribution in [3.8, 4) is 0 Å². The SMILES string of the molecule is CCCCCc1ccc(CC[C@H]2CC[C@H]([C@H]3CC[C@H](CCC)CC3)CC2)c(F)c1. The van der Waals surface area contributed by atoms with Gasteiger partial charge in [0.05, 0.1) is 0 Å². The summed E-state index contributed by atoms with van der Waals surface area (Å²) in [7, 11) is 0. The molecule has 0 heterocycles. The van der Waals surface area contributed by atoms with Crippen LogP contribution < -0.4 is 0 Å². The third-order valence-electron chi connectivity index (χ3n) is 8.15. The maximum Gasteiger partial charge on any atom is 0.126 e. The molecule has 0 N–H and O–H groups in total. The predicted octanol–water partition coefficient (Wildman–Crippen LogP) is 8.90. The summed E-state index contributed by atoms with van der Waals surface area (Å²) >= 11 is 0. The fourth-order valence-corrected chi connectivity index (χ4v) is 6.19. The van der Waals surface area contributed by atoms with Gasteiger partial charge in [0.25, 0.3) is 0 Å². The van der Waals surface area contributed by atoms with Crippen LogP contribution in [-0.4, -0.2) is 0 Å². The summed E-state index contributed by atoms with van der Waals surface area (Å²) in [6.07, 6.45) is 21.2. The minimum atomic E-state index is 0.0384. The Hall–Kier alpha value is -0.850. The summed E-state index contributed by atoms with van der Waals surface area (Å²) < 4.78 is 14.5. The van der Waals surface area contributed by atoms with E-state index in [-0.39, 0.29) is 5.82 Å². The second kappa shape index (κ2) is 12.1. The summed E-state index contributed by atoms with van der Waals surface area (Å²) in [5, 5.41) is 0. The number of hydrogen-bond acceptors (Lipinski definition) is 0. The second-order valence-electron chi connectivity index (χ2n) is 10.3. The number of unbranched alkanes of at least 4 members (excludes halogenated alkanes) is 2. The van der Waals surface area contributed by atoms with E-state index in [9.17, 15) is 4.39 Å². The Bertz CT molecular complexity index is 576. The summed E-state index contributed by atoms with van der Waals surface area (Å²) in [6, 6.07) is 6.04. The van der Waals surface area contributed by atoms with Crippen molar-refractivity contribution in [2.75, 3.05) is 0 Å². The molecule has 0 amide bonds. The fraction of sp³-hybridized carbons (Fsp3) is 0.786. The van der Waals surface area contributed by atoms with Gasteiger partial charge in [0.15, 0.2) is 0 Å². The Morgan fingerprint density at radius 3 is 1.90 bits per heavy atom. The molecule has 0 saturated heterocycles. The lowest BCUT2D eigenvalue weighted by atomic mass is 9.68. The van der Waals surface area contributed by atoms with Crippen LogP contribution in [0.5, 0.6) is 0 Å². The van der Waals surface area contributed by atoms with E-state index < -0.39 is 0 Å².